The summed E-state index contributed by atoms with van der Waals surface area (Å²) in [4.78, 5) is 36.6. The highest BCUT2D eigenvalue weighted by molar-refractivity contribution is 6.00. The first kappa shape index (κ1) is 21.8. The standard InChI is InChI=1S/C25H29NO4/c1-17(2)16-30-25(29)19-9-11-22(12-10-19)26-24(28)14-13-23(27)21-8-7-18-5-3-4-6-20(18)15-21/h7-12,15,17H,3-6,13-14,16H2,1-2H3,(H,26,28). The van der Waals surface area contributed by atoms with E-state index in [-0.39, 0.29) is 36.4 Å². The summed E-state index contributed by atoms with van der Waals surface area (Å²) in [6.07, 6.45) is 4.78. The van der Waals surface area contributed by atoms with Gasteiger partial charge in [-0.1, -0.05) is 26.0 Å². The molecule has 0 saturated carbocycles. The zero-order valence-electron chi connectivity index (χ0n) is 17.7. The monoisotopic (exact) mass is 407 g/mol. The van der Waals surface area contributed by atoms with E-state index in [1.54, 1.807) is 24.3 Å². The van der Waals surface area contributed by atoms with Crippen LogP contribution in [0, 0.1) is 5.92 Å². The zero-order chi connectivity index (χ0) is 21.5. The van der Waals surface area contributed by atoms with E-state index in [0.717, 1.165) is 12.8 Å². The molecular weight excluding hydrogens is 378 g/mol. The van der Waals surface area contributed by atoms with Gasteiger partial charge in [-0.15, -0.1) is 0 Å². The number of fused-ring (bicyclic) bond motifs is 1. The van der Waals surface area contributed by atoms with Crippen molar-refractivity contribution in [2.24, 2.45) is 5.92 Å². The van der Waals surface area contributed by atoms with E-state index in [1.165, 1.54) is 24.0 Å². The van der Waals surface area contributed by atoms with Crippen molar-refractivity contribution in [3.63, 3.8) is 0 Å². The first-order chi connectivity index (χ1) is 14.4. The SMILES string of the molecule is CC(C)COC(=O)c1ccc(NC(=O)CCC(=O)c2ccc3c(c2)CCCC3)cc1. The Balaban J connectivity index is 1.48. The summed E-state index contributed by atoms with van der Waals surface area (Å²) in [5.74, 6) is -0.341. The van der Waals surface area contributed by atoms with Crippen LogP contribution in [0.1, 0.15) is 71.4 Å². The van der Waals surface area contributed by atoms with Crippen molar-refractivity contribution in [2.75, 3.05) is 11.9 Å². The number of carbonyl (C=O) groups excluding carboxylic acids is 3. The number of amides is 1. The van der Waals surface area contributed by atoms with Crippen molar-refractivity contribution >= 4 is 23.3 Å². The average molecular weight is 408 g/mol. The summed E-state index contributed by atoms with van der Waals surface area (Å²) >= 11 is 0. The minimum absolute atomic E-state index is 0.0123. The lowest BCUT2D eigenvalue weighted by molar-refractivity contribution is -0.116. The zero-order valence-corrected chi connectivity index (χ0v) is 17.7. The second-order valence-electron chi connectivity index (χ2n) is 8.23. The van der Waals surface area contributed by atoms with E-state index in [0.29, 0.717) is 23.4 Å². The Morgan fingerprint density at radius 1 is 0.900 bits per heavy atom. The highest BCUT2D eigenvalue weighted by Crippen LogP contribution is 2.23. The number of anilines is 1. The maximum atomic E-state index is 12.5. The van der Waals surface area contributed by atoms with E-state index in [1.807, 2.05) is 26.0 Å². The summed E-state index contributed by atoms with van der Waals surface area (Å²) in [7, 11) is 0. The molecule has 1 aliphatic carbocycles. The van der Waals surface area contributed by atoms with E-state index < -0.39 is 0 Å². The van der Waals surface area contributed by atoms with Gasteiger partial charge >= 0.3 is 5.97 Å². The highest BCUT2D eigenvalue weighted by Gasteiger charge is 2.14. The minimum atomic E-state index is -0.378. The molecule has 0 unspecified atom stereocenters. The maximum absolute atomic E-state index is 12.5. The topological polar surface area (TPSA) is 72.5 Å². The molecule has 0 spiro atoms. The Bertz CT molecular complexity index is 915. The minimum Gasteiger partial charge on any atom is -0.462 e. The van der Waals surface area contributed by atoms with Crippen LogP contribution in [-0.4, -0.2) is 24.3 Å². The van der Waals surface area contributed by atoms with E-state index in [9.17, 15) is 14.4 Å². The van der Waals surface area contributed by atoms with Gasteiger partial charge in [-0.05, 0) is 73.1 Å². The van der Waals surface area contributed by atoms with Crippen LogP contribution < -0.4 is 5.32 Å². The molecule has 158 valence electrons. The number of benzene rings is 2. The van der Waals surface area contributed by atoms with Crippen LogP contribution in [0.3, 0.4) is 0 Å². The first-order valence-electron chi connectivity index (χ1n) is 10.6. The van der Waals surface area contributed by atoms with Crippen LogP contribution in [0.5, 0.6) is 0 Å². The van der Waals surface area contributed by atoms with Crippen molar-refractivity contribution in [3.8, 4) is 0 Å². The Morgan fingerprint density at radius 2 is 1.57 bits per heavy atom. The molecule has 0 radical (unpaired) electrons. The summed E-state index contributed by atoms with van der Waals surface area (Å²) in [5.41, 5.74) is 4.32. The third-order valence-electron chi connectivity index (χ3n) is 5.20. The molecule has 1 aliphatic rings. The maximum Gasteiger partial charge on any atom is 0.338 e. The van der Waals surface area contributed by atoms with Gasteiger partial charge in [0.2, 0.25) is 5.91 Å². The summed E-state index contributed by atoms with van der Waals surface area (Å²) in [6, 6.07) is 12.5. The fourth-order valence-corrected chi connectivity index (χ4v) is 3.52. The number of carbonyl (C=O) groups is 3. The fourth-order valence-electron chi connectivity index (χ4n) is 3.52. The number of Topliss-reactive ketones (excluding diaryl/α,β-unsaturated/α-hetero) is 1. The summed E-state index contributed by atoms with van der Waals surface area (Å²) in [5, 5.41) is 2.77. The number of hydrogen-bond donors (Lipinski definition) is 1. The van der Waals surface area contributed by atoms with Crippen LogP contribution in [0.25, 0.3) is 0 Å². The molecule has 30 heavy (non-hydrogen) atoms. The van der Waals surface area contributed by atoms with E-state index >= 15 is 0 Å². The van der Waals surface area contributed by atoms with Gasteiger partial charge in [0, 0.05) is 24.1 Å². The Hall–Kier alpha value is -2.95. The van der Waals surface area contributed by atoms with Crippen molar-refractivity contribution in [2.45, 2.75) is 52.4 Å². The molecule has 0 bridgehead atoms. The number of hydrogen-bond acceptors (Lipinski definition) is 4. The van der Waals surface area contributed by atoms with Crippen molar-refractivity contribution in [3.05, 3.63) is 64.7 Å². The van der Waals surface area contributed by atoms with Gasteiger partial charge in [0.15, 0.2) is 5.78 Å². The van der Waals surface area contributed by atoms with Crippen LogP contribution >= 0.6 is 0 Å². The van der Waals surface area contributed by atoms with Gasteiger partial charge in [0.1, 0.15) is 0 Å². The molecule has 0 aliphatic heterocycles. The van der Waals surface area contributed by atoms with Crippen molar-refractivity contribution in [1.29, 1.82) is 0 Å². The lowest BCUT2D eigenvalue weighted by Gasteiger charge is -2.16. The number of rotatable bonds is 8. The molecular formula is C25H29NO4. The number of ketones is 1. The van der Waals surface area contributed by atoms with Gasteiger partial charge in [0.05, 0.1) is 12.2 Å². The van der Waals surface area contributed by atoms with Crippen LogP contribution in [0.15, 0.2) is 42.5 Å². The molecule has 0 saturated heterocycles. The molecule has 3 rings (SSSR count). The fraction of sp³-hybridized carbons (Fsp3) is 0.400. The Kier molecular flexibility index (Phi) is 7.39. The van der Waals surface area contributed by atoms with Crippen LogP contribution in [0.2, 0.25) is 0 Å². The first-order valence-corrected chi connectivity index (χ1v) is 10.6. The normalized spacial score (nSPS) is 12.9. The Morgan fingerprint density at radius 3 is 2.27 bits per heavy atom. The molecule has 5 nitrogen and oxygen atoms in total. The predicted molar refractivity (Wildman–Crippen MR) is 117 cm³/mol. The second-order valence-corrected chi connectivity index (χ2v) is 8.23. The molecule has 2 aromatic carbocycles. The van der Waals surface area contributed by atoms with E-state index in [4.69, 9.17) is 4.74 Å². The Labute approximate surface area is 177 Å². The highest BCUT2D eigenvalue weighted by atomic mass is 16.5. The number of nitrogens with one attached hydrogen (secondary N) is 1. The van der Waals surface area contributed by atoms with Crippen molar-refractivity contribution < 1.29 is 19.1 Å². The lowest BCUT2D eigenvalue weighted by Crippen LogP contribution is -2.14. The molecule has 5 heteroatoms. The molecule has 1 N–H and O–H groups in total. The second kappa shape index (κ2) is 10.2. The van der Waals surface area contributed by atoms with Crippen LogP contribution in [-0.2, 0) is 22.4 Å². The van der Waals surface area contributed by atoms with Gasteiger partial charge in [-0.2, -0.15) is 0 Å². The quantitative estimate of drug-likeness (QED) is 0.495. The van der Waals surface area contributed by atoms with Gasteiger partial charge in [-0.25, -0.2) is 4.79 Å². The van der Waals surface area contributed by atoms with Gasteiger partial charge in [0.25, 0.3) is 0 Å². The third-order valence-corrected chi connectivity index (χ3v) is 5.20. The largest absolute Gasteiger partial charge is 0.462 e. The number of ether oxygens (including phenoxy) is 1. The smallest absolute Gasteiger partial charge is 0.338 e. The van der Waals surface area contributed by atoms with Crippen LogP contribution in [0.4, 0.5) is 5.69 Å². The summed E-state index contributed by atoms with van der Waals surface area (Å²) in [6.45, 7) is 4.32. The molecule has 2 aromatic rings. The predicted octanol–water partition coefficient (Wildman–Crippen LogP) is 4.98. The molecule has 1 amide bonds. The molecule has 0 heterocycles. The van der Waals surface area contributed by atoms with Crippen molar-refractivity contribution in [1.82, 2.24) is 0 Å². The van der Waals surface area contributed by atoms with E-state index in [2.05, 4.69) is 11.4 Å². The average Bonchev–Trinajstić information content (AvgIpc) is 2.76. The number of esters is 1. The molecule has 0 aromatic heterocycles. The number of aryl methyl sites for hydroxylation is 2. The van der Waals surface area contributed by atoms with Gasteiger partial charge < -0.3 is 10.1 Å². The molecule has 0 fully saturated rings. The van der Waals surface area contributed by atoms with Gasteiger partial charge in [-0.3, -0.25) is 9.59 Å². The third kappa shape index (κ3) is 6.02. The summed E-state index contributed by atoms with van der Waals surface area (Å²) < 4.78 is 5.19. The lowest BCUT2D eigenvalue weighted by atomic mass is 9.89. The molecule has 0 atom stereocenters.